The molecule has 0 radical (unpaired) electrons. The van der Waals surface area contributed by atoms with Gasteiger partial charge in [0.2, 0.25) is 0 Å². The molecule has 0 aromatic carbocycles. The Labute approximate surface area is 203 Å². The number of hydrogen-bond acceptors (Lipinski definition) is 0. The van der Waals surface area contributed by atoms with Crippen LogP contribution in [0.5, 0.6) is 0 Å². The molecule has 0 heterocycles. The van der Waals surface area contributed by atoms with Crippen LogP contribution in [0.3, 0.4) is 0 Å². The van der Waals surface area contributed by atoms with Crippen LogP contribution >= 0.6 is 0 Å². The van der Waals surface area contributed by atoms with Crippen molar-refractivity contribution in [3.05, 3.63) is 84.1 Å². The van der Waals surface area contributed by atoms with Crippen LogP contribution in [0.2, 0.25) is 0 Å². The normalized spacial score (nSPS) is 15.9. The Morgan fingerprint density at radius 2 is 1.30 bits per heavy atom. The van der Waals surface area contributed by atoms with E-state index in [-0.39, 0.29) is 29.4 Å². The second-order valence-corrected chi connectivity index (χ2v) is 10.1. The molecule has 0 aromatic rings. The first-order chi connectivity index (χ1) is 15.3. The summed E-state index contributed by atoms with van der Waals surface area (Å²) in [6, 6.07) is 0. The van der Waals surface area contributed by atoms with E-state index in [1.54, 1.807) is 0 Å². The van der Waals surface area contributed by atoms with Gasteiger partial charge in [0, 0.05) is 5.57 Å². The molecule has 0 bridgehead atoms. The van der Waals surface area contributed by atoms with Crippen LogP contribution in [0.25, 0.3) is 0 Å². The Kier molecular flexibility index (Phi) is 14.9. The Balaban J connectivity index is 5.01. The summed E-state index contributed by atoms with van der Waals surface area (Å²) in [5, 5.41) is 0. The molecule has 0 fully saturated rings. The van der Waals surface area contributed by atoms with Crippen molar-refractivity contribution in [2.75, 3.05) is 0 Å². The van der Waals surface area contributed by atoms with E-state index >= 15 is 0 Å². The van der Waals surface area contributed by atoms with Gasteiger partial charge in [0.15, 0.2) is 0 Å². The van der Waals surface area contributed by atoms with Crippen molar-refractivity contribution in [2.24, 2.45) is 23.7 Å². The Bertz CT molecular complexity index is 773. The second-order valence-electron chi connectivity index (χ2n) is 10.1. The molecule has 0 N–H and O–H groups in total. The van der Waals surface area contributed by atoms with E-state index in [1.807, 2.05) is 26.8 Å². The molecule has 0 spiro atoms. The van der Waals surface area contributed by atoms with Gasteiger partial charge >= 0.3 is 0 Å². The molecule has 0 saturated carbocycles. The molecule has 3 unspecified atom stereocenters. The zero-order valence-electron chi connectivity index (χ0n) is 22.4. The molecule has 0 aromatic heterocycles. The summed E-state index contributed by atoms with van der Waals surface area (Å²) >= 11 is 0. The van der Waals surface area contributed by atoms with Gasteiger partial charge in [0.05, 0.1) is 0 Å². The lowest BCUT2D eigenvalue weighted by molar-refractivity contribution is 0.478. The van der Waals surface area contributed by atoms with E-state index in [2.05, 4.69) is 54.0 Å². The lowest BCUT2D eigenvalue weighted by Gasteiger charge is -2.16. The fourth-order valence-electron chi connectivity index (χ4n) is 3.30. The molecule has 2 heteroatoms. The van der Waals surface area contributed by atoms with Crippen LogP contribution in [0, 0.1) is 23.7 Å². The highest BCUT2D eigenvalue weighted by molar-refractivity contribution is 5.43. The van der Waals surface area contributed by atoms with Crippen molar-refractivity contribution in [3.8, 4) is 0 Å². The molecular weight excluding hydrogens is 410 g/mol. The van der Waals surface area contributed by atoms with Crippen LogP contribution in [0.15, 0.2) is 84.1 Å². The summed E-state index contributed by atoms with van der Waals surface area (Å²) in [5.74, 6) is 0.328. The molecule has 0 saturated heterocycles. The summed E-state index contributed by atoms with van der Waals surface area (Å²) in [4.78, 5) is 0. The van der Waals surface area contributed by atoms with E-state index < -0.39 is 0 Å². The molecule has 3 atom stereocenters. The number of allylic oxidation sites excluding steroid dienone is 10. The van der Waals surface area contributed by atoms with Gasteiger partial charge in [0.1, 0.15) is 11.7 Å². The van der Waals surface area contributed by atoms with Gasteiger partial charge in [-0.1, -0.05) is 93.2 Å². The Hall–Kier alpha value is -1.96. The molecule has 0 rings (SSSR count). The van der Waals surface area contributed by atoms with Crippen molar-refractivity contribution >= 4 is 0 Å². The average molecular weight is 459 g/mol. The predicted octanol–water partition coefficient (Wildman–Crippen LogP) is 10.8. The molecule has 0 nitrogen and oxygen atoms in total. The molecule has 0 aliphatic heterocycles. The van der Waals surface area contributed by atoms with Crippen molar-refractivity contribution in [2.45, 2.75) is 87.0 Å². The van der Waals surface area contributed by atoms with Gasteiger partial charge < -0.3 is 0 Å². The second kappa shape index (κ2) is 15.8. The van der Waals surface area contributed by atoms with Crippen molar-refractivity contribution in [3.63, 3.8) is 0 Å². The van der Waals surface area contributed by atoms with E-state index in [0.717, 1.165) is 43.3 Å². The highest BCUT2D eigenvalue weighted by Gasteiger charge is 2.14. The van der Waals surface area contributed by atoms with Crippen LogP contribution in [-0.2, 0) is 0 Å². The highest BCUT2D eigenvalue weighted by Crippen LogP contribution is 2.29. The van der Waals surface area contributed by atoms with E-state index in [4.69, 9.17) is 0 Å². The zero-order chi connectivity index (χ0) is 25.7. The lowest BCUT2D eigenvalue weighted by atomic mass is 9.91. The Morgan fingerprint density at radius 1 is 0.758 bits per heavy atom. The number of unbranched alkanes of at least 4 members (excludes halogenated alkanes) is 1. The Morgan fingerprint density at radius 3 is 1.85 bits per heavy atom. The van der Waals surface area contributed by atoms with Crippen molar-refractivity contribution < 1.29 is 8.78 Å². The molecule has 0 aliphatic rings. The minimum Gasteiger partial charge on any atom is -0.207 e. The monoisotopic (exact) mass is 458 g/mol. The third kappa shape index (κ3) is 12.2. The van der Waals surface area contributed by atoms with E-state index in [0.29, 0.717) is 29.1 Å². The van der Waals surface area contributed by atoms with Crippen LogP contribution < -0.4 is 0 Å². The van der Waals surface area contributed by atoms with E-state index in [1.165, 1.54) is 12.2 Å². The predicted molar refractivity (Wildman–Crippen MR) is 144 cm³/mol. The first-order valence-electron chi connectivity index (χ1n) is 12.5. The fourth-order valence-corrected chi connectivity index (χ4v) is 3.30. The number of halogens is 2. The molecule has 0 aliphatic carbocycles. The minimum atomic E-state index is -0.346. The van der Waals surface area contributed by atoms with Crippen LogP contribution in [0.1, 0.15) is 87.0 Å². The van der Waals surface area contributed by atoms with Gasteiger partial charge in [-0.25, -0.2) is 8.78 Å². The molecular formula is C31H48F2. The molecule has 33 heavy (non-hydrogen) atoms. The van der Waals surface area contributed by atoms with Gasteiger partial charge in [-0.3, -0.25) is 0 Å². The summed E-state index contributed by atoms with van der Waals surface area (Å²) in [5.41, 5.74) is 3.16. The highest BCUT2D eigenvalue weighted by atomic mass is 19.1. The van der Waals surface area contributed by atoms with Crippen LogP contribution in [-0.4, -0.2) is 0 Å². The maximum Gasteiger partial charge on any atom is 0.130 e. The van der Waals surface area contributed by atoms with Gasteiger partial charge in [-0.2, -0.15) is 0 Å². The van der Waals surface area contributed by atoms with Gasteiger partial charge in [-0.05, 0) is 84.3 Å². The molecule has 186 valence electrons. The summed E-state index contributed by atoms with van der Waals surface area (Å²) in [6.07, 6.45) is 10.8. The maximum atomic E-state index is 14.7. The van der Waals surface area contributed by atoms with Gasteiger partial charge in [-0.15, -0.1) is 0 Å². The summed E-state index contributed by atoms with van der Waals surface area (Å²) < 4.78 is 29.4. The average Bonchev–Trinajstić information content (AvgIpc) is 2.77. The SMILES string of the molecule is C=C(/C(C)=C/CC(C)C(=C)/C=C(/F)C(=C)C(C)CCC(C)C)/C(F)=C\C(=C)C(C)CCCC. The largest absolute Gasteiger partial charge is 0.207 e. The van der Waals surface area contributed by atoms with Crippen molar-refractivity contribution in [1.29, 1.82) is 0 Å². The first-order valence-corrected chi connectivity index (χ1v) is 12.5. The van der Waals surface area contributed by atoms with Gasteiger partial charge in [0.25, 0.3) is 0 Å². The minimum absolute atomic E-state index is 0.0216. The van der Waals surface area contributed by atoms with Crippen molar-refractivity contribution in [1.82, 2.24) is 0 Å². The molecule has 0 amide bonds. The third-order valence-corrected chi connectivity index (χ3v) is 6.50. The number of rotatable bonds is 16. The first kappa shape index (κ1) is 31.0. The topological polar surface area (TPSA) is 0 Å². The summed E-state index contributed by atoms with van der Waals surface area (Å²) in [6.45, 7) is 30.4. The fraction of sp³-hybridized carbons (Fsp3) is 0.548. The maximum absolute atomic E-state index is 14.7. The third-order valence-electron chi connectivity index (χ3n) is 6.50. The van der Waals surface area contributed by atoms with E-state index in [9.17, 15) is 8.78 Å². The quantitative estimate of drug-likeness (QED) is 0.202. The summed E-state index contributed by atoms with van der Waals surface area (Å²) in [7, 11) is 0. The number of hydrogen-bond donors (Lipinski definition) is 0. The standard InChI is InChI=1S/C31H48F2/c1-12-13-14-22(4)26(8)19-30(32)29(11)25(7)18-17-23(5)27(9)20-31(33)28(10)24(6)16-15-21(2)3/h18-24H,8-17H2,1-7H3/b25-18+,30-19+,31-20+. The van der Waals surface area contributed by atoms with Crippen LogP contribution in [0.4, 0.5) is 8.78 Å². The lowest BCUT2D eigenvalue weighted by Crippen LogP contribution is -2.03. The zero-order valence-corrected chi connectivity index (χ0v) is 22.4. The smallest absolute Gasteiger partial charge is 0.130 e.